The Morgan fingerprint density at radius 1 is 1.06 bits per heavy atom. The number of carbonyl (C=O) groups excluding carboxylic acids is 2. The number of nitrogens with one attached hydrogen (secondary N) is 2. The van der Waals surface area contributed by atoms with Gasteiger partial charge in [0.1, 0.15) is 6.10 Å². The lowest BCUT2D eigenvalue weighted by Crippen LogP contribution is -2.27. The summed E-state index contributed by atoms with van der Waals surface area (Å²) in [6.45, 7) is 0.452. The summed E-state index contributed by atoms with van der Waals surface area (Å²) in [5, 5.41) is 5.38. The van der Waals surface area contributed by atoms with Gasteiger partial charge in [0.15, 0.2) is 0 Å². The molecule has 1 saturated carbocycles. The molecule has 1 aliphatic heterocycles. The van der Waals surface area contributed by atoms with E-state index in [0.717, 1.165) is 24.1 Å². The van der Waals surface area contributed by atoms with Gasteiger partial charge in [-0.1, -0.05) is 29.8 Å². The topological polar surface area (TPSA) is 67.4 Å². The lowest BCUT2D eigenvalue weighted by atomic mass is 10.1. The monoisotopic (exact) mass is 452 g/mol. The van der Waals surface area contributed by atoms with E-state index in [9.17, 15) is 22.8 Å². The summed E-state index contributed by atoms with van der Waals surface area (Å²) in [6.07, 6.45) is -3.59. The third-order valence-corrected chi connectivity index (χ3v) is 5.85. The number of hydrogen-bond acceptors (Lipinski definition) is 3. The van der Waals surface area contributed by atoms with Crippen LogP contribution in [0.2, 0.25) is 5.02 Å². The second-order valence-corrected chi connectivity index (χ2v) is 8.12. The number of halogens is 4. The van der Waals surface area contributed by atoms with Crippen LogP contribution in [0.3, 0.4) is 0 Å². The normalized spacial score (nSPS) is 22.8. The van der Waals surface area contributed by atoms with Crippen LogP contribution in [0.1, 0.15) is 36.3 Å². The second-order valence-electron chi connectivity index (χ2n) is 7.71. The highest BCUT2D eigenvalue weighted by atomic mass is 35.5. The Morgan fingerprint density at radius 2 is 1.84 bits per heavy atom. The third kappa shape index (κ3) is 4.85. The summed E-state index contributed by atoms with van der Waals surface area (Å²) in [5.41, 5.74) is -0.572. The van der Waals surface area contributed by atoms with Crippen molar-refractivity contribution in [2.24, 2.45) is 5.92 Å². The zero-order valence-electron chi connectivity index (χ0n) is 16.3. The van der Waals surface area contributed by atoms with Gasteiger partial charge in [0.25, 0.3) is 5.91 Å². The molecular weight excluding hydrogens is 433 g/mol. The van der Waals surface area contributed by atoms with Crippen LogP contribution in [-0.2, 0) is 20.5 Å². The maximum atomic E-state index is 13.6. The highest BCUT2D eigenvalue weighted by Crippen LogP contribution is 2.50. The van der Waals surface area contributed by atoms with Crippen molar-refractivity contribution in [2.45, 2.75) is 37.5 Å². The number of benzene rings is 2. The van der Waals surface area contributed by atoms with Crippen molar-refractivity contribution in [3.63, 3.8) is 0 Å². The van der Waals surface area contributed by atoms with Gasteiger partial charge >= 0.3 is 6.18 Å². The second kappa shape index (κ2) is 8.51. The number of rotatable bonds is 5. The maximum absolute atomic E-state index is 13.6. The quantitative estimate of drug-likeness (QED) is 0.653. The highest BCUT2D eigenvalue weighted by molar-refractivity contribution is 6.31. The summed E-state index contributed by atoms with van der Waals surface area (Å²) in [4.78, 5) is 24.7. The van der Waals surface area contributed by atoms with Gasteiger partial charge in [-0.2, -0.15) is 13.2 Å². The van der Waals surface area contributed by atoms with Crippen molar-refractivity contribution in [2.75, 3.05) is 17.2 Å². The van der Waals surface area contributed by atoms with E-state index in [4.69, 9.17) is 16.3 Å². The van der Waals surface area contributed by atoms with Crippen molar-refractivity contribution in [1.29, 1.82) is 0 Å². The van der Waals surface area contributed by atoms with Crippen LogP contribution in [-0.4, -0.2) is 24.5 Å². The van der Waals surface area contributed by atoms with Gasteiger partial charge in [-0.15, -0.1) is 0 Å². The average Bonchev–Trinajstić information content (AvgIpc) is 3.31. The number of anilines is 2. The van der Waals surface area contributed by atoms with Crippen LogP contribution < -0.4 is 10.6 Å². The summed E-state index contributed by atoms with van der Waals surface area (Å²) < 4.78 is 46.1. The Balaban J connectivity index is 1.48. The first-order valence-electron chi connectivity index (χ1n) is 9.93. The van der Waals surface area contributed by atoms with Crippen molar-refractivity contribution < 1.29 is 27.5 Å². The minimum Gasteiger partial charge on any atom is -0.368 e. The zero-order valence-corrected chi connectivity index (χ0v) is 17.1. The highest BCUT2D eigenvalue weighted by Gasteiger charge is 2.45. The van der Waals surface area contributed by atoms with Crippen LogP contribution >= 0.6 is 11.6 Å². The molecule has 2 aromatic carbocycles. The van der Waals surface area contributed by atoms with Crippen molar-refractivity contribution in [1.82, 2.24) is 0 Å². The molecule has 31 heavy (non-hydrogen) atoms. The molecule has 5 nitrogen and oxygen atoms in total. The molecule has 2 amide bonds. The molecule has 1 aliphatic carbocycles. The van der Waals surface area contributed by atoms with E-state index in [2.05, 4.69) is 10.6 Å². The lowest BCUT2D eigenvalue weighted by Gasteiger charge is -2.17. The molecule has 2 N–H and O–H groups in total. The first-order chi connectivity index (χ1) is 14.7. The van der Waals surface area contributed by atoms with Gasteiger partial charge in [0.05, 0.1) is 11.3 Å². The fourth-order valence-electron chi connectivity index (χ4n) is 3.80. The number of hydrogen-bond donors (Lipinski definition) is 2. The average molecular weight is 453 g/mol. The largest absolute Gasteiger partial charge is 0.418 e. The number of alkyl halides is 3. The Kier molecular flexibility index (Phi) is 5.94. The number of amides is 2. The van der Waals surface area contributed by atoms with Gasteiger partial charge in [0, 0.05) is 23.2 Å². The van der Waals surface area contributed by atoms with E-state index in [1.165, 1.54) is 6.07 Å². The predicted octanol–water partition coefficient (Wildman–Crippen LogP) is 5.22. The van der Waals surface area contributed by atoms with Gasteiger partial charge in [-0.05, 0) is 55.0 Å². The van der Waals surface area contributed by atoms with Gasteiger partial charge in [-0.25, -0.2) is 0 Å². The van der Waals surface area contributed by atoms with E-state index in [-0.39, 0.29) is 17.3 Å². The molecule has 1 heterocycles. The SMILES string of the molecule is O=C(Nc1ccc(NC(=O)C2CC2c2ccccc2Cl)c(C(F)(F)F)c1)C1CCCO1. The Bertz CT molecular complexity index is 1010. The minimum atomic E-state index is -4.71. The number of carbonyl (C=O) groups is 2. The molecule has 4 rings (SSSR count). The molecular formula is C22H20ClF3N2O3. The van der Waals surface area contributed by atoms with Crippen LogP contribution in [0.5, 0.6) is 0 Å². The summed E-state index contributed by atoms with van der Waals surface area (Å²) in [5.74, 6) is -1.54. The molecule has 164 valence electrons. The van der Waals surface area contributed by atoms with Crippen LogP contribution in [0.4, 0.5) is 24.5 Å². The molecule has 0 spiro atoms. The van der Waals surface area contributed by atoms with Crippen molar-refractivity contribution in [3.8, 4) is 0 Å². The minimum absolute atomic E-state index is 0.00816. The van der Waals surface area contributed by atoms with Gasteiger partial charge < -0.3 is 15.4 Å². The Morgan fingerprint density at radius 3 is 2.52 bits per heavy atom. The van der Waals surface area contributed by atoms with E-state index in [1.807, 2.05) is 6.07 Å². The molecule has 2 aliphatic rings. The Hall–Kier alpha value is -2.58. The fraction of sp³-hybridized carbons (Fsp3) is 0.364. The molecule has 3 atom stereocenters. The smallest absolute Gasteiger partial charge is 0.368 e. The zero-order chi connectivity index (χ0) is 22.2. The summed E-state index contributed by atoms with van der Waals surface area (Å²) in [6, 6.07) is 10.4. The molecule has 0 aromatic heterocycles. The predicted molar refractivity (Wildman–Crippen MR) is 110 cm³/mol. The molecule has 3 unspecified atom stereocenters. The lowest BCUT2D eigenvalue weighted by molar-refractivity contribution is -0.137. The van der Waals surface area contributed by atoms with Crippen LogP contribution in [0.25, 0.3) is 0 Å². The molecule has 2 aromatic rings. The standard InChI is InChI=1S/C22H20ClF3N2O3/c23-17-5-2-1-4-13(17)14-11-15(14)20(29)28-18-8-7-12(10-16(18)22(24,25)26)27-21(30)19-6-3-9-31-19/h1-2,4-5,7-8,10,14-15,19H,3,6,9,11H2,(H,27,30)(H,28,29). The first kappa shape index (κ1) is 21.6. The third-order valence-electron chi connectivity index (χ3n) is 5.50. The fourth-order valence-corrected chi connectivity index (χ4v) is 4.08. The molecule has 9 heteroatoms. The van der Waals surface area contributed by atoms with E-state index < -0.39 is 35.6 Å². The van der Waals surface area contributed by atoms with E-state index in [1.54, 1.807) is 18.2 Å². The van der Waals surface area contributed by atoms with Gasteiger partial charge in [0.2, 0.25) is 5.91 Å². The summed E-state index contributed by atoms with van der Waals surface area (Å²) >= 11 is 6.16. The van der Waals surface area contributed by atoms with Crippen LogP contribution in [0.15, 0.2) is 42.5 Å². The Labute approximate surface area is 181 Å². The first-order valence-corrected chi connectivity index (χ1v) is 10.3. The van der Waals surface area contributed by atoms with Gasteiger partial charge in [-0.3, -0.25) is 9.59 Å². The maximum Gasteiger partial charge on any atom is 0.418 e. The van der Waals surface area contributed by atoms with Crippen LogP contribution in [0, 0.1) is 5.92 Å². The molecule has 2 fully saturated rings. The van der Waals surface area contributed by atoms with E-state index in [0.29, 0.717) is 24.5 Å². The van der Waals surface area contributed by atoms with E-state index >= 15 is 0 Å². The molecule has 0 radical (unpaired) electrons. The molecule has 0 bridgehead atoms. The molecule has 1 saturated heterocycles. The van der Waals surface area contributed by atoms with Crippen molar-refractivity contribution in [3.05, 3.63) is 58.6 Å². The van der Waals surface area contributed by atoms with Crippen molar-refractivity contribution >= 4 is 34.8 Å². The summed E-state index contributed by atoms with van der Waals surface area (Å²) in [7, 11) is 0. The number of ether oxygens (including phenoxy) is 1.